The molecule has 1 unspecified atom stereocenters. The molecule has 0 aliphatic heterocycles. The molecule has 1 atom stereocenters. The zero-order valence-electron chi connectivity index (χ0n) is 12.1. The van der Waals surface area contributed by atoms with E-state index in [0.717, 1.165) is 12.3 Å². The molecule has 0 radical (unpaired) electrons. The Morgan fingerprint density at radius 1 is 1.10 bits per heavy atom. The Balaban J connectivity index is 2.21. The molecule has 0 fully saturated rings. The van der Waals surface area contributed by atoms with Crippen LogP contribution >= 0.6 is 0 Å². The van der Waals surface area contributed by atoms with Gasteiger partial charge in [-0.25, -0.2) is 0 Å². The lowest BCUT2D eigenvalue weighted by Gasteiger charge is -2.17. The van der Waals surface area contributed by atoms with Crippen molar-refractivity contribution >= 4 is 10.8 Å². The summed E-state index contributed by atoms with van der Waals surface area (Å²) in [4.78, 5) is 0. The third-order valence-corrected chi connectivity index (χ3v) is 3.41. The minimum atomic E-state index is 0.150. The van der Waals surface area contributed by atoms with Crippen LogP contribution in [0, 0.1) is 0 Å². The summed E-state index contributed by atoms with van der Waals surface area (Å²) in [6.07, 6.45) is 0. The predicted octanol–water partition coefficient (Wildman–Crippen LogP) is 2.08. The number of hydrogen-bond donors (Lipinski definition) is 2. The molecule has 3 N–H and O–H groups in total. The van der Waals surface area contributed by atoms with Gasteiger partial charge in [0.25, 0.3) is 0 Å². The first-order chi connectivity index (χ1) is 9.78. The number of ether oxygens (including phenoxy) is 2. The normalized spacial score (nSPS) is 12.6. The molecule has 2 aromatic rings. The van der Waals surface area contributed by atoms with E-state index >= 15 is 0 Å². The lowest BCUT2D eigenvalue weighted by atomic mass is 10.0. The zero-order chi connectivity index (χ0) is 14.4. The zero-order valence-corrected chi connectivity index (χ0v) is 12.1. The Morgan fingerprint density at radius 3 is 2.55 bits per heavy atom. The third kappa shape index (κ3) is 3.48. The van der Waals surface area contributed by atoms with E-state index in [4.69, 9.17) is 15.2 Å². The van der Waals surface area contributed by atoms with Gasteiger partial charge in [-0.15, -0.1) is 0 Å². The molecule has 0 saturated heterocycles. The molecule has 0 heterocycles. The highest BCUT2D eigenvalue weighted by Gasteiger charge is 2.09. The second-order valence-electron chi connectivity index (χ2n) is 4.71. The van der Waals surface area contributed by atoms with Crippen molar-refractivity contribution in [1.29, 1.82) is 0 Å². The van der Waals surface area contributed by atoms with Crippen LogP contribution in [0.2, 0.25) is 0 Å². The SMILES string of the molecule is COCCNC(CN)c1ccc2cc(OC)ccc2c1. The van der Waals surface area contributed by atoms with Crippen molar-refractivity contribution in [1.82, 2.24) is 5.32 Å². The molecule has 0 bridgehead atoms. The van der Waals surface area contributed by atoms with Gasteiger partial charge in [-0.1, -0.05) is 18.2 Å². The molecule has 20 heavy (non-hydrogen) atoms. The van der Waals surface area contributed by atoms with Gasteiger partial charge in [0.05, 0.1) is 13.7 Å². The van der Waals surface area contributed by atoms with Crippen molar-refractivity contribution in [2.24, 2.45) is 5.73 Å². The van der Waals surface area contributed by atoms with Gasteiger partial charge in [0, 0.05) is 26.2 Å². The fraction of sp³-hybridized carbons (Fsp3) is 0.375. The Morgan fingerprint density at radius 2 is 1.85 bits per heavy atom. The maximum Gasteiger partial charge on any atom is 0.119 e. The number of nitrogens with two attached hydrogens (primary N) is 1. The molecule has 108 valence electrons. The summed E-state index contributed by atoms with van der Waals surface area (Å²) in [5.74, 6) is 0.874. The van der Waals surface area contributed by atoms with E-state index in [0.29, 0.717) is 13.2 Å². The van der Waals surface area contributed by atoms with E-state index in [9.17, 15) is 0 Å². The van der Waals surface area contributed by atoms with Gasteiger partial charge in [-0.2, -0.15) is 0 Å². The van der Waals surface area contributed by atoms with Crippen LogP contribution in [-0.2, 0) is 4.74 Å². The van der Waals surface area contributed by atoms with E-state index < -0.39 is 0 Å². The summed E-state index contributed by atoms with van der Waals surface area (Å²) in [7, 11) is 3.38. The molecule has 2 aromatic carbocycles. The van der Waals surface area contributed by atoms with Gasteiger partial charge in [0.2, 0.25) is 0 Å². The van der Waals surface area contributed by atoms with Crippen LogP contribution in [0.1, 0.15) is 11.6 Å². The van der Waals surface area contributed by atoms with Gasteiger partial charge in [0.15, 0.2) is 0 Å². The van der Waals surface area contributed by atoms with Crippen molar-refractivity contribution in [3.8, 4) is 5.75 Å². The maximum atomic E-state index is 5.85. The molecule has 0 aliphatic rings. The molecule has 0 amide bonds. The number of nitrogens with one attached hydrogen (secondary N) is 1. The van der Waals surface area contributed by atoms with Crippen molar-refractivity contribution < 1.29 is 9.47 Å². The average molecular weight is 274 g/mol. The van der Waals surface area contributed by atoms with Crippen LogP contribution in [0.3, 0.4) is 0 Å². The number of rotatable bonds is 7. The molecular formula is C16H22N2O2. The Kier molecular flexibility index (Phi) is 5.35. The van der Waals surface area contributed by atoms with E-state index in [2.05, 4.69) is 29.6 Å². The van der Waals surface area contributed by atoms with E-state index in [1.807, 2.05) is 12.1 Å². The lowest BCUT2D eigenvalue weighted by molar-refractivity contribution is 0.196. The number of benzene rings is 2. The second-order valence-corrected chi connectivity index (χ2v) is 4.71. The van der Waals surface area contributed by atoms with E-state index in [1.54, 1.807) is 14.2 Å². The first-order valence-electron chi connectivity index (χ1n) is 6.78. The van der Waals surface area contributed by atoms with Crippen LogP contribution in [0.15, 0.2) is 36.4 Å². The number of hydrogen-bond acceptors (Lipinski definition) is 4. The topological polar surface area (TPSA) is 56.5 Å². The molecule has 0 spiro atoms. The number of fused-ring (bicyclic) bond motifs is 1. The maximum absolute atomic E-state index is 5.85. The smallest absolute Gasteiger partial charge is 0.119 e. The van der Waals surface area contributed by atoms with Crippen LogP contribution in [0.5, 0.6) is 5.75 Å². The summed E-state index contributed by atoms with van der Waals surface area (Å²) in [6, 6.07) is 12.6. The van der Waals surface area contributed by atoms with Crippen LogP contribution < -0.4 is 15.8 Å². The second kappa shape index (κ2) is 7.24. The summed E-state index contributed by atoms with van der Waals surface area (Å²) in [5, 5.41) is 5.76. The Hall–Kier alpha value is -1.62. The molecule has 4 nitrogen and oxygen atoms in total. The average Bonchev–Trinajstić information content (AvgIpc) is 2.50. The van der Waals surface area contributed by atoms with E-state index in [-0.39, 0.29) is 6.04 Å². The van der Waals surface area contributed by atoms with Gasteiger partial charge in [-0.3, -0.25) is 0 Å². The molecule has 0 aliphatic carbocycles. The van der Waals surface area contributed by atoms with E-state index in [1.165, 1.54) is 16.3 Å². The van der Waals surface area contributed by atoms with Crippen molar-refractivity contribution in [2.75, 3.05) is 33.9 Å². The summed E-state index contributed by atoms with van der Waals surface area (Å²) in [6.45, 7) is 2.03. The van der Waals surface area contributed by atoms with Crippen LogP contribution in [0.25, 0.3) is 10.8 Å². The fourth-order valence-corrected chi connectivity index (χ4v) is 2.26. The quantitative estimate of drug-likeness (QED) is 0.759. The molecule has 0 aromatic heterocycles. The molecule has 4 heteroatoms. The van der Waals surface area contributed by atoms with Gasteiger partial charge in [0.1, 0.15) is 5.75 Å². The monoisotopic (exact) mass is 274 g/mol. The van der Waals surface area contributed by atoms with Gasteiger partial charge < -0.3 is 20.5 Å². The first kappa shape index (κ1) is 14.8. The first-order valence-corrected chi connectivity index (χ1v) is 6.78. The Labute approximate surface area is 119 Å². The van der Waals surface area contributed by atoms with Crippen LogP contribution in [0.4, 0.5) is 0 Å². The fourth-order valence-electron chi connectivity index (χ4n) is 2.26. The predicted molar refractivity (Wildman–Crippen MR) is 82.2 cm³/mol. The molecular weight excluding hydrogens is 252 g/mol. The van der Waals surface area contributed by atoms with Gasteiger partial charge in [-0.05, 0) is 34.5 Å². The standard InChI is InChI=1S/C16H22N2O2/c1-19-8-7-18-16(11-17)14-4-3-13-10-15(20-2)6-5-12(13)9-14/h3-6,9-10,16,18H,7-8,11,17H2,1-2H3. The summed E-state index contributed by atoms with van der Waals surface area (Å²) < 4.78 is 10.3. The van der Waals surface area contributed by atoms with Crippen LogP contribution in [-0.4, -0.2) is 33.9 Å². The van der Waals surface area contributed by atoms with Crippen molar-refractivity contribution in [2.45, 2.75) is 6.04 Å². The lowest BCUT2D eigenvalue weighted by Crippen LogP contribution is -2.30. The van der Waals surface area contributed by atoms with Crippen molar-refractivity contribution in [3.63, 3.8) is 0 Å². The summed E-state index contributed by atoms with van der Waals surface area (Å²) in [5.41, 5.74) is 7.05. The number of methoxy groups -OCH3 is 2. The third-order valence-electron chi connectivity index (χ3n) is 3.41. The molecule has 0 saturated carbocycles. The minimum absolute atomic E-state index is 0.150. The molecule has 2 rings (SSSR count). The highest BCUT2D eigenvalue weighted by Crippen LogP contribution is 2.24. The minimum Gasteiger partial charge on any atom is -0.497 e. The highest BCUT2D eigenvalue weighted by atomic mass is 16.5. The van der Waals surface area contributed by atoms with Crippen molar-refractivity contribution in [3.05, 3.63) is 42.0 Å². The largest absolute Gasteiger partial charge is 0.497 e. The highest BCUT2D eigenvalue weighted by molar-refractivity contribution is 5.84. The summed E-state index contributed by atoms with van der Waals surface area (Å²) >= 11 is 0. The Bertz CT molecular complexity index is 557. The van der Waals surface area contributed by atoms with Gasteiger partial charge >= 0.3 is 0 Å².